The van der Waals surface area contributed by atoms with E-state index in [1.165, 1.54) is 12.1 Å². The van der Waals surface area contributed by atoms with Crippen molar-refractivity contribution in [3.05, 3.63) is 26.7 Å². The molecule has 0 aliphatic carbocycles. The normalized spacial score (nSPS) is 13.3. The Kier molecular flexibility index (Phi) is 5.65. The molecule has 0 heterocycles. The fourth-order valence-electron chi connectivity index (χ4n) is 1.32. The molecule has 0 aromatic heterocycles. The van der Waals surface area contributed by atoms with Crippen LogP contribution in [-0.2, 0) is 10.0 Å². The molecule has 1 N–H and O–H groups in total. The summed E-state index contributed by atoms with van der Waals surface area (Å²) in [6.45, 7) is 3.47. The molecular formula is C11H11BrCl2N2O2S. The Morgan fingerprint density at radius 1 is 1.32 bits per heavy atom. The summed E-state index contributed by atoms with van der Waals surface area (Å²) in [6.07, 6.45) is 0. The average molecular weight is 386 g/mol. The minimum Gasteiger partial charge on any atom is -0.207 e. The van der Waals surface area contributed by atoms with E-state index in [-0.39, 0.29) is 20.9 Å². The predicted molar refractivity (Wildman–Crippen MR) is 78.7 cm³/mol. The number of hydrogen-bond acceptors (Lipinski definition) is 3. The van der Waals surface area contributed by atoms with Crippen LogP contribution in [0.5, 0.6) is 0 Å². The Labute approximate surface area is 130 Å². The Balaban J connectivity index is 3.26. The molecule has 1 rings (SSSR count). The SMILES string of the molecule is CC(C)C(C#N)NS(=O)(=O)c1c(Cl)cc(Br)cc1Cl. The zero-order chi connectivity index (χ0) is 14.8. The second-order valence-electron chi connectivity index (χ2n) is 4.17. The number of nitrogens with zero attached hydrogens (tertiary/aromatic N) is 1. The Morgan fingerprint density at radius 3 is 2.16 bits per heavy atom. The first-order valence-electron chi connectivity index (χ1n) is 5.25. The lowest BCUT2D eigenvalue weighted by Gasteiger charge is -2.16. The molecule has 1 atom stereocenters. The molecule has 0 radical (unpaired) electrons. The fourth-order valence-corrected chi connectivity index (χ4v) is 4.55. The van der Waals surface area contributed by atoms with Crippen molar-refractivity contribution < 1.29 is 8.42 Å². The third-order valence-corrected chi connectivity index (χ3v) is 5.14. The summed E-state index contributed by atoms with van der Waals surface area (Å²) < 4.78 is 27.3. The van der Waals surface area contributed by atoms with Crippen molar-refractivity contribution in [2.75, 3.05) is 0 Å². The van der Waals surface area contributed by atoms with E-state index < -0.39 is 16.1 Å². The van der Waals surface area contributed by atoms with Gasteiger partial charge in [-0.15, -0.1) is 0 Å². The van der Waals surface area contributed by atoms with Crippen LogP contribution in [0.3, 0.4) is 0 Å². The van der Waals surface area contributed by atoms with Crippen LogP contribution in [0.4, 0.5) is 0 Å². The van der Waals surface area contributed by atoms with Gasteiger partial charge in [0.05, 0.1) is 16.1 Å². The van der Waals surface area contributed by atoms with Crippen molar-refractivity contribution >= 4 is 49.2 Å². The maximum atomic E-state index is 12.2. The van der Waals surface area contributed by atoms with Crippen LogP contribution in [0.2, 0.25) is 10.0 Å². The number of nitrogens with one attached hydrogen (secondary N) is 1. The van der Waals surface area contributed by atoms with E-state index in [4.69, 9.17) is 28.5 Å². The molecular weight excluding hydrogens is 375 g/mol. The van der Waals surface area contributed by atoms with Gasteiger partial charge in [-0.2, -0.15) is 9.98 Å². The number of nitriles is 1. The van der Waals surface area contributed by atoms with Crippen molar-refractivity contribution in [1.82, 2.24) is 4.72 Å². The highest BCUT2D eigenvalue weighted by atomic mass is 79.9. The number of sulfonamides is 1. The monoisotopic (exact) mass is 384 g/mol. The van der Waals surface area contributed by atoms with Gasteiger partial charge in [0.25, 0.3) is 0 Å². The maximum absolute atomic E-state index is 12.2. The van der Waals surface area contributed by atoms with Crippen molar-refractivity contribution in [2.24, 2.45) is 5.92 Å². The van der Waals surface area contributed by atoms with Gasteiger partial charge in [0, 0.05) is 4.47 Å². The Morgan fingerprint density at radius 2 is 1.79 bits per heavy atom. The highest BCUT2D eigenvalue weighted by Crippen LogP contribution is 2.32. The first kappa shape index (κ1) is 16.7. The van der Waals surface area contributed by atoms with Gasteiger partial charge < -0.3 is 0 Å². The van der Waals surface area contributed by atoms with Crippen LogP contribution in [0.1, 0.15) is 13.8 Å². The average Bonchev–Trinajstić information content (AvgIpc) is 2.23. The highest BCUT2D eigenvalue weighted by Gasteiger charge is 2.26. The highest BCUT2D eigenvalue weighted by molar-refractivity contribution is 9.10. The second kappa shape index (κ2) is 6.42. The lowest BCUT2D eigenvalue weighted by atomic mass is 10.1. The molecule has 0 saturated heterocycles. The largest absolute Gasteiger partial charge is 0.244 e. The molecule has 1 unspecified atom stereocenters. The smallest absolute Gasteiger partial charge is 0.207 e. The Hall–Kier alpha value is -0.320. The van der Waals surface area contributed by atoms with E-state index in [1.54, 1.807) is 13.8 Å². The Bertz CT molecular complexity index is 603. The number of halogens is 3. The van der Waals surface area contributed by atoms with Gasteiger partial charge in [0.2, 0.25) is 10.0 Å². The van der Waals surface area contributed by atoms with E-state index in [9.17, 15) is 8.42 Å². The molecule has 0 spiro atoms. The molecule has 0 aliphatic heterocycles. The van der Waals surface area contributed by atoms with E-state index in [0.29, 0.717) is 4.47 Å². The molecule has 4 nitrogen and oxygen atoms in total. The zero-order valence-electron chi connectivity index (χ0n) is 10.1. The first-order valence-corrected chi connectivity index (χ1v) is 8.28. The van der Waals surface area contributed by atoms with E-state index in [0.717, 1.165) is 0 Å². The summed E-state index contributed by atoms with van der Waals surface area (Å²) in [7, 11) is -3.95. The van der Waals surface area contributed by atoms with Gasteiger partial charge in [-0.1, -0.05) is 53.0 Å². The standard InChI is InChI=1S/C11H11BrCl2N2O2S/c1-6(2)10(5-15)16-19(17,18)11-8(13)3-7(12)4-9(11)14/h3-4,6,10,16H,1-2H3. The lowest BCUT2D eigenvalue weighted by molar-refractivity contribution is 0.515. The summed E-state index contributed by atoms with van der Waals surface area (Å²) in [4.78, 5) is -0.222. The number of hydrogen-bond donors (Lipinski definition) is 1. The maximum Gasteiger partial charge on any atom is 0.244 e. The predicted octanol–water partition coefficient (Wildman–Crippen LogP) is 3.58. The van der Waals surface area contributed by atoms with Crippen molar-refractivity contribution in [1.29, 1.82) is 5.26 Å². The summed E-state index contributed by atoms with van der Waals surface area (Å²) in [5.41, 5.74) is 0. The summed E-state index contributed by atoms with van der Waals surface area (Å²) >= 11 is 15.0. The number of benzene rings is 1. The van der Waals surface area contributed by atoms with Gasteiger partial charge >= 0.3 is 0 Å². The van der Waals surface area contributed by atoms with Crippen LogP contribution >= 0.6 is 39.1 Å². The van der Waals surface area contributed by atoms with Crippen molar-refractivity contribution in [3.8, 4) is 6.07 Å². The van der Waals surface area contributed by atoms with Gasteiger partial charge in [0.15, 0.2) is 0 Å². The van der Waals surface area contributed by atoms with E-state index in [2.05, 4.69) is 20.7 Å². The molecule has 0 aliphatic rings. The molecule has 0 amide bonds. The van der Waals surface area contributed by atoms with E-state index >= 15 is 0 Å². The van der Waals surface area contributed by atoms with Crippen LogP contribution < -0.4 is 4.72 Å². The fraction of sp³-hybridized carbons (Fsp3) is 0.364. The van der Waals surface area contributed by atoms with Gasteiger partial charge in [-0.3, -0.25) is 0 Å². The van der Waals surface area contributed by atoms with Gasteiger partial charge in [-0.05, 0) is 18.1 Å². The molecule has 1 aromatic carbocycles. The minimum absolute atomic E-state index is 0.00711. The minimum atomic E-state index is -3.95. The molecule has 0 bridgehead atoms. The van der Waals surface area contributed by atoms with Crippen molar-refractivity contribution in [3.63, 3.8) is 0 Å². The molecule has 1 aromatic rings. The third kappa shape index (κ3) is 4.07. The quantitative estimate of drug-likeness (QED) is 0.860. The van der Waals surface area contributed by atoms with Gasteiger partial charge in [0.1, 0.15) is 10.9 Å². The summed E-state index contributed by atoms with van der Waals surface area (Å²) in [5.74, 6) is -0.173. The molecule has 8 heteroatoms. The first-order chi connectivity index (χ1) is 8.69. The lowest BCUT2D eigenvalue weighted by Crippen LogP contribution is -2.37. The molecule has 104 valence electrons. The summed E-state index contributed by atoms with van der Waals surface area (Å²) in [5, 5.41) is 8.92. The van der Waals surface area contributed by atoms with Crippen LogP contribution in [-0.4, -0.2) is 14.5 Å². The third-order valence-electron chi connectivity index (χ3n) is 2.32. The molecule has 0 fully saturated rings. The second-order valence-corrected chi connectivity index (χ2v) is 7.55. The summed E-state index contributed by atoms with van der Waals surface area (Å²) in [6, 6.07) is 3.90. The number of rotatable bonds is 4. The molecule has 19 heavy (non-hydrogen) atoms. The van der Waals surface area contributed by atoms with Crippen LogP contribution in [0.15, 0.2) is 21.5 Å². The zero-order valence-corrected chi connectivity index (χ0v) is 14.0. The molecule has 0 saturated carbocycles. The van der Waals surface area contributed by atoms with Crippen LogP contribution in [0, 0.1) is 17.2 Å². The van der Waals surface area contributed by atoms with E-state index in [1.807, 2.05) is 6.07 Å². The van der Waals surface area contributed by atoms with Crippen LogP contribution in [0.25, 0.3) is 0 Å². The van der Waals surface area contributed by atoms with Gasteiger partial charge in [-0.25, -0.2) is 8.42 Å². The van der Waals surface area contributed by atoms with Crippen molar-refractivity contribution in [2.45, 2.75) is 24.8 Å². The topological polar surface area (TPSA) is 70.0 Å².